The quantitative estimate of drug-likeness (QED) is 0.564. The highest BCUT2D eigenvalue weighted by Gasteiger charge is 2.35. The van der Waals surface area contributed by atoms with Gasteiger partial charge in [-0.05, 0) is 36.8 Å². The average molecular weight is 396 g/mol. The van der Waals surface area contributed by atoms with Crippen molar-refractivity contribution >= 4 is 28.6 Å². The van der Waals surface area contributed by atoms with Crippen molar-refractivity contribution < 1.29 is 19.5 Å². The lowest BCUT2D eigenvalue weighted by Gasteiger charge is -2.19. The van der Waals surface area contributed by atoms with E-state index in [-0.39, 0.29) is 36.4 Å². The minimum atomic E-state index is -1.06. The number of aromatic amines is 1. The van der Waals surface area contributed by atoms with Crippen LogP contribution >= 0.6 is 0 Å². The molecule has 0 radical (unpaired) electrons. The molecule has 3 atom stereocenters. The van der Waals surface area contributed by atoms with E-state index >= 15 is 0 Å². The van der Waals surface area contributed by atoms with Crippen molar-refractivity contribution in [2.45, 2.75) is 51.5 Å². The number of amides is 1. The van der Waals surface area contributed by atoms with Gasteiger partial charge in [0.05, 0.1) is 0 Å². The predicted molar refractivity (Wildman–Crippen MR) is 111 cm³/mol. The minimum Gasteiger partial charge on any atom is -0.480 e. The van der Waals surface area contributed by atoms with Crippen LogP contribution < -0.4 is 5.32 Å². The highest BCUT2D eigenvalue weighted by Crippen LogP contribution is 2.34. The summed E-state index contributed by atoms with van der Waals surface area (Å²) in [5.41, 5.74) is 1.79. The third-order valence-corrected chi connectivity index (χ3v) is 5.72. The van der Waals surface area contributed by atoms with Gasteiger partial charge in [-0.1, -0.05) is 37.3 Å². The second-order valence-corrected chi connectivity index (χ2v) is 7.71. The topological polar surface area (TPSA) is 99.3 Å². The van der Waals surface area contributed by atoms with Gasteiger partial charge in [-0.25, -0.2) is 4.79 Å². The Labute approximate surface area is 170 Å². The Morgan fingerprint density at radius 1 is 1.31 bits per heavy atom. The van der Waals surface area contributed by atoms with E-state index in [2.05, 4.69) is 10.3 Å². The fourth-order valence-electron chi connectivity index (χ4n) is 4.17. The molecule has 0 unspecified atom stereocenters. The lowest BCUT2D eigenvalue weighted by Crippen LogP contribution is -2.43. The zero-order valence-electron chi connectivity index (χ0n) is 16.7. The molecular formula is C23H28N2O4. The smallest absolute Gasteiger partial charge is 0.326 e. The molecule has 1 aromatic carbocycles. The van der Waals surface area contributed by atoms with Crippen molar-refractivity contribution in [2.75, 3.05) is 0 Å². The van der Waals surface area contributed by atoms with Crippen LogP contribution in [0, 0.1) is 11.8 Å². The summed E-state index contributed by atoms with van der Waals surface area (Å²) in [7, 11) is 0. The van der Waals surface area contributed by atoms with E-state index < -0.39 is 12.0 Å². The molecule has 1 saturated carbocycles. The van der Waals surface area contributed by atoms with Gasteiger partial charge in [-0.15, -0.1) is 0 Å². The number of ketones is 1. The lowest BCUT2D eigenvalue weighted by atomic mass is 9.89. The van der Waals surface area contributed by atoms with Gasteiger partial charge < -0.3 is 15.4 Å². The van der Waals surface area contributed by atoms with Crippen LogP contribution in [0.4, 0.5) is 0 Å². The summed E-state index contributed by atoms with van der Waals surface area (Å²) in [6.45, 7) is 2.04. The highest BCUT2D eigenvalue weighted by molar-refractivity contribution is 5.88. The number of carboxylic acids is 1. The third-order valence-electron chi connectivity index (χ3n) is 5.72. The Balaban J connectivity index is 1.63. The highest BCUT2D eigenvalue weighted by atomic mass is 16.4. The van der Waals surface area contributed by atoms with Gasteiger partial charge in [0.2, 0.25) is 5.91 Å². The molecule has 3 rings (SSSR count). The molecule has 1 aromatic heterocycles. The third kappa shape index (κ3) is 5.13. The monoisotopic (exact) mass is 396 g/mol. The number of fused-ring (bicyclic) bond motifs is 1. The van der Waals surface area contributed by atoms with Gasteiger partial charge >= 0.3 is 5.97 Å². The van der Waals surface area contributed by atoms with Crippen molar-refractivity contribution in [3.8, 4) is 0 Å². The molecule has 0 bridgehead atoms. The van der Waals surface area contributed by atoms with Gasteiger partial charge in [0, 0.05) is 42.3 Å². The first-order valence-electron chi connectivity index (χ1n) is 10.2. The molecule has 0 saturated heterocycles. The van der Waals surface area contributed by atoms with E-state index in [1.807, 2.05) is 43.3 Å². The Morgan fingerprint density at radius 3 is 2.86 bits per heavy atom. The number of benzene rings is 1. The summed E-state index contributed by atoms with van der Waals surface area (Å²) in [4.78, 5) is 39.6. The number of nitrogens with one attached hydrogen (secondary N) is 2. The van der Waals surface area contributed by atoms with Crippen LogP contribution in [0.5, 0.6) is 0 Å². The maximum Gasteiger partial charge on any atom is 0.326 e. The van der Waals surface area contributed by atoms with Gasteiger partial charge in [0.15, 0.2) is 0 Å². The molecule has 154 valence electrons. The maximum absolute atomic E-state index is 12.6. The van der Waals surface area contributed by atoms with E-state index in [0.717, 1.165) is 22.9 Å². The normalized spacial score (nSPS) is 20.4. The predicted octanol–water partition coefficient (Wildman–Crippen LogP) is 3.62. The van der Waals surface area contributed by atoms with E-state index in [0.29, 0.717) is 19.3 Å². The SMILES string of the molecule is CC/C=C\C[C@H]1C(=O)CC[C@@H]1CC(=O)N[C@@H](Cc1c[nH]c2ccccc12)C(=O)O. The van der Waals surface area contributed by atoms with Gasteiger partial charge in [0.25, 0.3) is 0 Å². The Hall–Kier alpha value is -2.89. The summed E-state index contributed by atoms with van der Waals surface area (Å²) >= 11 is 0. The van der Waals surface area contributed by atoms with E-state index in [1.165, 1.54) is 0 Å². The molecule has 6 nitrogen and oxygen atoms in total. The van der Waals surface area contributed by atoms with Crippen LogP contribution in [0.15, 0.2) is 42.6 Å². The van der Waals surface area contributed by atoms with Gasteiger partial charge in [-0.3, -0.25) is 9.59 Å². The molecular weight excluding hydrogens is 368 g/mol. The molecule has 29 heavy (non-hydrogen) atoms. The fourth-order valence-corrected chi connectivity index (χ4v) is 4.17. The number of aliphatic carboxylic acids is 1. The van der Waals surface area contributed by atoms with Crippen molar-refractivity contribution in [3.05, 3.63) is 48.2 Å². The van der Waals surface area contributed by atoms with Gasteiger partial charge in [0.1, 0.15) is 11.8 Å². The fraction of sp³-hybridized carbons (Fsp3) is 0.435. The molecule has 0 aliphatic heterocycles. The first kappa shape index (κ1) is 20.8. The molecule has 6 heteroatoms. The van der Waals surface area contributed by atoms with Crippen LogP contribution in [0.3, 0.4) is 0 Å². The molecule has 1 heterocycles. The first-order chi connectivity index (χ1) is 14.0. The number of para-hydroxylation sites is 1. The standard InChI is InChI=1S/C23H28N2O4/c1-2-3-4-8-18-15(10-11-21(18)26)13-22(27)25-20(23(28)29)12-16-14-24-19-9-6-5-7-17(16)19/h3-7,9,14-15,18,20,24H,2,8,10-13H2,1H3,(H,25,27)(H,28,29)/b4-3-/t15-,18-,20+/m1/s1. The Morgan fingerprint density at radius 2 is 2.10 bits per heavy atom. The Bertz CT molecular complexity index is 914. The van der Waals surface area contributed by atoms with Crippen LogP contribution in [0.1, 0.15) is 44.6 Å². The van der Waals surface area contributed by atoms with Gasteiger partial charge in [-0.2, -0.15) is 0 Å². The Kier molecular flexibility index (Phi) is 6.86. The lowest BCUT2D eigenvalue weighted by molar-refractivity contribution is -0.142. The summed E-state index contributed by atoms with van der Waals surface area (Å²) in [5, 5.41) is 13.2. The number of carbonyl (C=O) groups excluding carboxylic acids is 2. The first-order valence-corrected chi connectivity index (χ1v) is 10.2. The maximum atomic E-state index is 12.6. The summed E-state index contributed by atoms with van der Waals surface area (Å²) in [6, 6.07) is 6.67. The molecule has 1 amide bonds. The summed E-state index contributed by atoms with van der Waals surface area (Å²) < 4.78 is 0. The van der Waals surface area contributed by atoms with E-state index in [9.17, 15) is 19.5 Å². The molecule has 0 spiro atoms. The second kappa shape index (κ2) is 9.54. The number of carboxylic acid groups (broad SMARTS) is 1. The summed E-state index contributed by atoms with van der Waals surface area (Å²) in [6.07, 6.45) is 8.99. The van der Waals surface area contributed by atoms with Crippen LogP contribution in [0.25, 0.3) is 10.9 Å². The minimum absolute atomic E-state index is 0.0217. The molecule has 1 aliphatic rings. The van der Waals surface area contributed by atoms with Crippen molar-refractivity contribution in [2.24, 2.45) is 11.8 Å². The number of carbonyl (C=O) groups is 3. The average Bonchev–Trinajstić information content (AvgIpc) is 3.26. The number of allylic oxidation sites excluding steroid dienone is 2. The number of hydrogen-bond donors (Lipinski definition) is 3. The van der Waals surface area contributed by atoms with E-state index in [1.54, 1.807) is 6.20 Å². The zero-order valence-corrected chi connectivity index (χ0v) is 16.7. The van der Waals surface area contributed by atoms with E-state index in [4.69, 9.17) is 0 Å². The van der Waals surface area contributed by atoms with Crippen molar-refractivity contribution in [1.82, 2.24) is 10.3 Å². The largest absolute Gasteiger partial charge is 0.480 e. The zero-order chi connectivity index (χ0) is 20.8. The molecule has 2 aromatic rings. The number of H-pyrrole nitrogens is 1. The van der Waals surface area contributed by atoms with Crippen LogP contribution in [-0.2, 0) is 20.8 Å². The number of aromatic nitrogens is 1. The number of hydrogen-bond acceptors (Lipinski definition) is 3. The summed E-state index contributed by atoms with van der Waals surface area (Å²) in [5.74, 6) is -1.32. The van der Waals surface area contributed by atoms with Crippen LogP contribution in [-0.4, -0.2) is 33.8 Å². The number of rotatable bonds is 9. The molecule has 3 N–H and O–H groups in total. The van der Waals surface area contributed by atoms with Crippen LogP contribution in [0.2, 0.25) is 0 Å². The number of Topliss-reactive ketones (excluding diaryl/α,β-unsaturated/α-hetero) is 1. The molecule has 1 fully saturated rings. The second-order valence-electron chi connectivity index (χ2n) is 7.71. The van der Waals surface area contributed by atoms with Crippen molar-refractivity contribution in [3.63, 3.8) is 0 Å². The molecule has 1 aliphatic carbocycles. The van der Waals surface area contributed by atoms with Crippen molar-refractivity contribution in [1.29, 1.82) is 0 Å².